The number of carbonyl (C=O) groups is 2. The molecule has 1 saturated heterocycles. The molecule has 1 N–H and O–H groups in total. The Kier molecular flexibility index (Phi) is 5.69. The molecule has 1 aliphatic heterocycles. The van der Waals surface area contributed by atoms with Gasteiger partial charge in [-0.1, -0.05) is 0 Å². The van der Waals surface area contributed by atoms with Crippen LogP contribution in [0.15, 0.2) is 11.6 Å². The van der Waals surface area contributed by atoms with Crippen LogP contribution in [0.3, 0.4) is 0 Å². The highest BCUT2D eigenvalue weighted by atomic mass is 32.1. The van der Waals surface area contributed by atoms with Crippen LogP contribution in [0, 0.1) is 5.92 Å². The summed E-state index contributed by atoms with van der Waals surface area (Å²) in [6.45, 7) is 5.46. The fourth-order valence-electron chi connectivity index (χ4n) is 2.47. The number of thiazole rings is 1. The van der Waals surface area contributed by atoms with Gasteiger partial charge in [-0.25, -0.2) is 4.98 Å². The number of esters is 1. The summed E-state index contributed by atoms with van der Waals surface area (Å²) < 4.78 is 5.08. The van der Waals surface area contributed by atoms with Crippen LogP contribution in [0.4, 0.5) is 5.13 Å². The number of carbonyl (C=O) groups excluding carboxylic acids is 2. The number of nitrogens with zero attached hydrogens (tertiary/aromatic N) is 2. The molecule has 0 bridgehead atoms. The number of aromatic nitrogens is 1. The summed E-state index contributed by atoms with van der Waals surface area (Å²) in [5.74, 6) is -0.377. The molecule has 0 aliphatic carbocycles. The molecule has 2 rings (SSSR count). The van der Waals surface area contributed by atoms with Crippen molar-refractivity contribution >= 4 is 28.3 Å². The highest BCUT2D eigenvalue weighted by Gasteiger charge is 2.31. The van der Waals surface area contributed by atoms with Gasteiger partial charge in [-0.3, -0.25) is 14.5 Å². The third-order valence-corrected chi connectivity index (χ3v) is 4.35. The van der Waals surface area contributed by atoms with Crippen molar-refractivity contribution < 1.29 is 14.3 Å². The highest BCUT2D eigenvalue weighted by molar-refractivity contribution is 7.13. The number of amides is 1. The number of hydrogen-bond acceptors (Lipinski definition) is 6. The summed E-state index contributed by atoms with van der Waals surface area (Å²) >= 11 is 1.39. The first kappa shape index (κ1) is 15.9. The fourth-order valence-corrected chi connectivity index (χ4v) is 3.00. The summed E-state index contributed by atoms with van der Waals surface area (Å²) in [6.07, 6.45) is 3.39. The lowest BCUT2D eigenvalue weighted by Crippen LogP contribution is -2.48. The molecule has 6 nitrogen and oxygen atoms in total. The van der Waals surface area contributed by atoms with Gasteiger partial charge in [-0.15, -0.1) is 11.3 Å². The smallest absolute Gasteiger partial charge is 0.310 e. The number of nitrogens with one attached hydrogen (secondary N) is 1. The molecule has 7 heteroatoms. The molecular weight excluding hydrogens is 290 g/mol. The Hall–Kier alpha value is -1.47. The quantitative estimate of drug-likeness (QED) is 0.839. The first-order valence-electron chi connectivity index (χ1n) is 7.22. The van der Waals surface area contributed by atoms with E-state index in [1.54, 1.807) is 6.20 Å². The average Bonchev–Trinajstić information content (AvgIpc) is 2.99. The van der Waals surface area contributed by atoms with Crippen molar-refractivity contribution in [1.29, 1.82) is 0 Å². The molecule has 0 radical (unpaired) electrons. The van der Waals surface area contributed by atoms with E-state index in [2.05, 4.69) is 10.3 Å². The number of piperidine rings is 1. The number of hydrogen-bond donors (Lipinski definition) is 1. The van der Waals surface area contributed by atoms with Gasteiger partial charge in [0.2, 0.25) is 5.91 Å². The van der Waals surface area contributed by atoms with E-state index in [0.717, 1.165) is 19.4 Å². The molecule has 0 saturated carbocycles. The predicted octanol–water partition coefficient (Wildman–Crippen LogP) is 1.75. The molecule has 0 spiro atoms. The molecule has 21 heavy (non-hydrogen) atoms. The molecule has 1 aromatic rings. The van der Waals surface area contributed by atoms with Crippen molar-refractivity contribution in [2.75, 3.05) is 25.0 Å². The van der Waals surface area contributed by atoms with Crippen molar-refractivity contribution in [2.24, 2.45) is 5.92 Å². The van der Waals surface area contributed by atoms with E-state index in [-0.39, 0.29) is 23.8 Å². The topological polar surface area (TPSA) is 71.5 Å². The molecular formula is C14H21N3O3S. The average molecular weight is 311 g/mol. The molecule has 116 valence electrons. The van der Waals surface area contributed by atoms with Gasteiger partial charge < -0.3 is 10.1 Å². The zero-order valence-corrected chi connectivity index (χ0v) is 13.2. The predicted molar refractivity (Wildman–Crippen MR) is 81.1 cm³/mol. The van der Waals surface area contributed by atoms with Crippen LogP contribution in [0.1, 0.15) is 26.7 Å². The molecule has 1 fully saturated rings. The Labute approximate surface area is 128 Å². The maximum Gasteiger partial charge on any atom is 0.310 e. The van der Waals surface area contributed by atoms with Crippen LogP contribution >= 0.6 is 11.3 Å². The Morgan fingerprint density at radius 2 is 2.43 bits per heavy atom. The van der Waals surface area contributed by atoms with Gasteiger partial charge in [-0.05, 0) is 33.2 Å². The molecule has 0 unspecified atom stereocenters. The second kappa shape index (κ2) is 7.51. The number of rotatable bonds is 5. The Morgan fingerprint density at radius 1 is 1.62 bits per heavy atom. The summed E-state index contributed by atoms with van der Waals surface area (Å²) in [7, 11) is 0. The minimum absolute atomic E-state index is 0.0885. The van der Waals surface area contributed by atoms with Crippen LogP contribution in [0.5, 0.6) is 0 Å². The molecule has 1 amide bonds. The van der Waals surface area contributed by atoms with E-state index < -0.39 is 0 Å². The fraction of sp³-hybridized carbons (Fsp3) is 0.643. The summed E-state index contributed by atoms with van der Waals surface area (Å²) in [5.41, 5.74) is 0. The third kappa shape index (κ3) is 4.25. The Bertz CT molecular complexity index is 478. The molecule has 1 aromatic heterocycles. The van der Waals surface area contributed by atoms with Gasteiger partial charge in [0.15, 0.2) is 5.13 Å². The van der Waals surface area contributed by atoms with Crippen LogP contribution < -0.4 is 5.32 Å². The highest BCUT2D eigenvalue weighted by Crippen LogP contribution is 2.20. The van der Waals surface area contributed by atoms with Crippen molar-refractivity contribution in [3.05, 3.63) is 11.6 Å². The van der Waals surface area contributed by atoms with Gasteiger partial charge >= 0.3 is 5.97 Å². The molecule has 2 heterocycles. The minimum Gasteiger partial charge on any atom is -0.466 e. The third-order valence-electron chi connectivity index (χ3n) is 3.66. The Balaban J connectivity index is 1.90. The standard InChI is InChI=1S/C14H21N3O3S/c1-3-20-13(19)11-5-4-7-17(9-11)10(2)12(18)16-14-15-6-8-21-14/h6,8,10-11H,3-5,7,9H2,1-2H3,(H,15,16,18)/t10-,11+/m1/s1. The molecule has 0 aromatic carbocycles. The van der Waals surface area contributed by atoms with E-state index in [1.165, 1.54) is 11.3 Å². The maximum absolute atomic E-state index is 12.2. The second-order valence-electron chi connectivity index (χ2n) is 5.09. The van der Waals surface area contributed by atoms with Gasteiger partial charge in [0, 0.05) is 18.1 Å². The molecule has 2 atom stereocenters. The second-order valence-corrected chi connectivity index (χ2v) is 5.98. The van der Waals surface area contributed by atoms with E-state index >= 15 is 0 Å². The summed E-state index contributed by atoms with van der Waals surface area (Å²) in [4.78, 5) is 30.1. The minimum atomic E-state index is -0.286. The van der Waals surface area contributed by atoms with Crippen molar-refractivity contribution in [3.63, 3.8) is 0 Å². The normalized spacial score (nSPS) is 20.8. The van der Waals surface area contributed by atoms with Crippen LogP contribution in [0.25, 0.3) is 0 Å². The van der Waals surface area contributed by atoms with Gasteiger partial charge in [-0.2, -0.15) is 0 Å². The lowest BCUT2D eigenvalue weighted by atomic mass is 9.97. The lowest BCUT2D eigenvalue weighted by molar-refractivity contribution is -0.150. The van der Waals surface area contributed by atoms with Crippen molar-refractivity contribution in [2.45, 2.75) is 32.7 Å². The SMILES string of the molecule is CCOC(=O)[C@H]1CCCN([C@H](C)C(=O)Nc2nccs2)C1. The number of ether oxygens (including phenoxy) is 1. The number of likely N-dealkylation sites (tertiary alicyclic amines) is 1. The van der Waals surface area contributed by atoms with E-state index in [1.807, 2.05) is 24.1 Å². The van der Waals surface area contributed by atoms with E-state index in [0.29, 0.717) is 18.3 Å². The van der Waals surface area contributed by atoms with Crippen molar-refractivity contribution in [3.8, 4) is 0 Å². The van der Waals surface area contributed by atoms with Crippen molar-refractivity contribution in [1.82, 2.24) is 9.88 Å². The van der Waals surface area contributed by atoms with E-state index in [4.69, 9.17) is 4.74 Å². The van der Waals surface area contributed by atoms with Crippen LogP contribution in [-0.4, -0.2) is 47.5 Å². The lowest BCUT2D eigenvalue weighted by Gasteiger charge is -2.34. The van der Waals surface area contributed by atoms with Crippen LogP contribution in [-0.2, 0) is 14.3 Å². The van der Waals surface area contributed by atoms with Crippen LogP contribution in [0.2, 0.25) is 0 Å². The first-order chi connectivity index (χ1) is 10.1. The number of anilines is 1. The zero-order valence-electron chi connectivity index (χ0n) is 12.4. The van der Waals surface area contributed by atoms with Gasteiger partial charge in [0.05, 0.1) is 18.6 Å². The molecule has 1 aliphatic rings. The van der Waals surface area contributed by atoms with Gasteiger partial charge in [0.25, 0.3) is 0 Å². The largest absolute Gasteiger partial charge is 0.466 e. The zero-order chi connectivity index (χ0) is 15.2. The monoisotopic (exact) mass is 311 g/mol. The first-order valence-corrected chi connectivity index (χ1v) is 8.10. The van der Waals surface area contributed by atoms with Gasteiger partial charge in [0.1, 0.15) is 0 Å². The summed E-state index contributed by atoms with van der Waals surface area (Å²) in [5, 5.41) is 5.22. The maximum atomic E-state index is 12.2. The summed E-state index contributed by atoms with van der Waals surface area (Å²) in [6, 6.07) is -0.286. The Morgan fingerprint density at radius 3 is 3.10 bits per heavy atom. The van der Waals surface area contributed by atoms with E-state index in [9.17, 15) is 9.59 Å².